The fourth-order valence-electron chi connectivity index (χ4n) is 2.22. The number of anilines is 1. The highest BCUT2D eigenvalue weighted by Crippen LogP contribution is 2.33. The summed E-state index contributed by atoms with van der Waals surface area (Å²) in [7, 11) is 1.48. The van der Waals surface area contributed by atoms with Gasteiger partial charge in [0.2, 0.25) is 0 Å². The van der Waals surface area contributed by atoms with Gasteiger partial charge in [-0.1, -0.05) is 0 Å². The number of piperidine rings is 1. The van der Waals surface area contributed by atoms with E-state index in [9.17, 15) is 15.2 Å². The SMILES string of the molecule is COc1ccc(N2CCC[C@H](O)C2)c([N+](=O)[O-])c1. The van der Waals surface area contributed by atoms with E-state index in [4.69, 9.17) is 4.74 Å². The van der Waals surface area contributed by atoms with Gasteiger partial charge in [0.15, 0.2) is 0 Å². The van der Waals surface area contributed by atoms with Crippen LogP contribution in [0.2, 0.25) is 0 Å². The molecule has 2 rings (SSSR count). The van der Waals surface area contributed by atoms with E-state index in [0.29, 0.717) is 18.0 Å². The number of ether oxygens (including phenoxy) is 1. The molecule has 1 aliphatic heterocycles. The van der Waals surface area contributed by atoms with Crippen molar-refractivity contribution < 1.29 is 14.8 Å². The molecule has 0 unspecified atom stereocenters. The van der Waals surface area contributed by atoms with Gasteiger partial charge in [0.25, 0.3) is 5.69 Å². The van der Waals surface area contributed by atoms with Crippen LogP contribution in [0.1, 0.15) is 12.8 Å². The van der Waals surface area contributed by atoms with Gasteiger partial charge in [-0.3, -0.25) is 10.1 Å². The molecule has 6 nitrogen and oxygen atoms in total. The second kappa shape index (κ2) is 5.22. The zero-order valence-electron chi connectivity index (χ0n) is 10.2. The van der Waals surface area contributed by atoms with Crippen molar-refractivity contribution in [2.75, 3.05) is 25.1 Å². The molecule has 0 aliphatic carbocycles. The van der Waals surface area contributed by atoms with E-state index in [2.05, 4.69) is 0 Å². The summed E-state index contributed by atoms with van der Waals surface area (Å²) in [6, 6.07) is 4.79. The first-order valence-electron chi connectivity index (χ1n) is 5.87. The topological polar surface area (TPSA) is 75.8 Å². The van der Waals surface area contributed by atoms with Gasteiger partial charge in [0, 0.05) is 13.1 Å². The Hall–Kier alpha value is -1.82. The largest absolute Gasteiger partial charge is 0.496 e. The maximum Gasteiger partial charge on any atom is 0.296 e. The molecule has 1 aliphatic rings. The second-order valence-electron chi connectivity index (χ2n) is 4.35. The summed E-state index contributed by atoms with van der Waals surface area (Å²) in [5.74, 6) is 0.461. The Balaban J connectivity index is 2.33. The lowest BCUT2D eigenvalue weighted by Crippen LogP contribution is -2.38. The van der Waals surface area contributed by atoms with Crippen LogP contribution in [-0.2, 0) is 0 Å². The number of methoxy groups -OCH3 is 1. The summed E-state index contributed by atoms with van der Waals surface area (Å²) in [6.07, 6.45) is 1.17. The van der Waals surface area contributed by atoms with Gasteiger partial charge in [0.1, 0.15) is 11.4 Å². The van der Waals surface area contributed by atoms with Crippen LogP contribution in [0.15, 0.2) is 18.2 Å². The summed E-state index contributed by atoms with van der Waals surface area (Å²) < 4.78 is 5.00. The Kier molecular flexibility index (Phi) is 3.66. The van der Waals surface area contributed by atoms with Gasteiger partial charge in [0.05, 0.1) is 24.2 Å². The molecule has 1 aromatic carbocycles. The monoisotopic (exact) mass is 252 g/mol. The molecule has 18 heavy (non-hydrogen) atoms. The lowest BCUT2D eigenvalue weighted by molar-refractivity contribution is -0.384. The predicted octanol–water partition coefficient (Wildman–Crippen LogP) is 1.56. The molecule has 1 saturated heterocycles. The van der Waals surface area contributed by atoms with Crippen LogP contribution in [0.3, 0.4) is 0 Å². The Morgan fingerprint density at radius 1 is 1.56 bits per heavy atom. The molecular formula is C12H16N2O4. The fraction of sp³-hybridized carbons (Fsp3) is 0.500. The average molecular weight is 252 g/mol. The maximum absolute atomic E-state index is 11.1. The molecule has 0 bridgehead atoms. The van der Waals surface area contributed by atoms with Crippen molar-refractivity contribution in [3.05, 3.63) is 28.3 Å². The quantitative estimate of drug-likeness (QED) is 0.652. The van der Waals surface area contributed by atoms with Crippen LogP contribution in [-0.4, -0.2) is 36.3 Å². The zero-order valence-corrected chi connectivity index (χ0v) is 10.2. The van der Waals surface area contributed by atoms with Crippen LogP contribution < -0.4 is 9.64 Å². The number of rotatable bonds is 3. The molecule has 1 aromatic rings. The molecule has 0 radical (unpaired) electrons. The third kappa shape index (κ3) is 2.53. The van der Waals surface area contributed by atoms with Crippen molar-refractivity contribution in [1.29, 1.82) is 0 Å². The summed E-state index contributed by atoms with van der Waals surface area (Å²) >= 11 is 0. The Morgan fingerprint density at radius 2 is 2.33 bits per heavy atom. The van der Waals surface area contributed by atoms with E-state index in [0.717, 1.165) is 19.4 Å². The minimum Gasteiger partial charge on any atom is -0.496 e. The van der Waals surface area contributed by atoms with Gasteiger partial charge in [-0.05, 0) is 25.0 Å². The molecule has 0 aromatic heterocycles. The first-order valence-corrected chi connectivity index (χ1v) is 5.87. The smallest absolute Gasteiger partial charge is 0.296 e. The molecule has 1 N–H and O–H groups in total. The minimum atomic E-state index is -0.418. The van der Waals surface area contributed by atoms with Gasteiger partial charge < -0.3 is 14.7 Å². The number of aliphatic hydroxyl groups is 1. The molecule has 0 spiro atoms. The molecule has 0 amide bonds. The van der Waals surface area contributed by atoms with Gasteiger partial charge in [-0.15, -0.1) is 0 Å². The number of benzene rings is 1. The number of nitro benzene ring substituents is 1. The number of aliphatic hydroxyl groups excluding tert-OH is 1. The van der Waals surface area contributed by atoms with Gasteiger partial charge in [-0.2, -0.15) is 0 Å². The van der Waals surface area contributed by atoms with Crippen LogP contribution in [0.25, 0.3) is 0 Å². The third-order valence-corrected chi connectivity index (χ3v) is 3.12. The normalized spacial score (nSPS) is 19.7. The third-order valence-electron chi connectivity index (χ3n) is 3.12. The molecule has 6 heteroatoms. The Morgan fingerprint density at radius 3 is 2.94 bits per heavy atom. The van der Waals surface area contributed by atoms with E-state index in [-0.39, 0.29) is 5.69 Å². The van der Waals surface area contributed by atoms with Crippen LogP contribution in [0, 0.1) is 10.1 Å². The Labute approximate surface area is 105 Å². The highest BCUT2D eigenvalue weighted by atomic mass is 16.6. The fourth-order valence-corrected chi connectivity index (χ4v) is 2.22. The van der Waals surface area contributed by atoms with Crippen LogP contribution in [0.4, 0.5) is 11.4 Å². The lowest BCUT2D eigenvalue weighted by atomic mass is 10.1. The van der Waals surface area contributed by atoms with Crippen LogP contribution >= 0.6 is 0 Å². The summed E-state index contributed by atoms with van der Waals surface area (Å²) in [6.45, 7) is 1.16. The number of hydrogen-bond acceptors (Lipinski definition) is 5. The van der Waals surface area contributed by atoms with Crippen LogP contribution in [0.5, 0.6) is 5.75 Å². The first kappa shape index (κ1) is 12.6. The number of hydrogen-bond donors (Lipinski definition) is 1. The lowest BCUT2D eigenvalue weighted by Gasteiger charge is -2.31. The Bertz CT molecular complexity index is 450. The van der Waals surface area contributed by atoms with Gasteiger partial charge >= 0.3 is 0 Å². The minimum absolute atomic E-state index is 0.0171. The molecule has 0 saturated carbocycles. The number of β-amino-alcohol motifs (C(OH)–C–C–N with tert-alkyl or cyclic N) is 1. The van der Waals surface area contributed by atoms with Crippen molar-refractivity contribution in [1.82, 2.24) is 0 Å². The summed E-state index contributed by atoms with van der Waals surface area (Å²) in [4.78, 5) is 12.5. The van der Waals surface area contributed by atoms with E-state index < -0.39 is 11.0 Å². The molecule has 1 fully saturated rings. The van der Waals surface area contributed by atoms with E-state index in [1.165, 1.54) is 13.2 Å². The van der Waals surface area contributed by atoms with Crippen molar-refractivity contribution in [2.24, 2.45) is 0 Å². The average Bonchev–Trinajstić information content (AvgIpc) is 2.38. The summed E-state index contributed by atoms with van der Waals surface area (Å²) in [5, 5.41) is 20.7. The van der Waals surface area contributed by atoms with Crippen molar-refractivity contribution in [3.8, 4) is 5.75 Å². The predicted molar refractivity (Wildman–Crippen MR) is 67.1 cm³/mol. The maximum atomic E-state index is 11.1. The summed E-state index contributed by atoms with van der Waals surface area (Å²) in [5.41, 5.74) is 0.558. The van der Waals surface area contributed by atoms with E-state index >= 15 is 0 Å². The van der Waals surface area contributed by atoms with Crippen molar-refractivity contribution in [3.63, 3.8) is 0 Å². The second-order valence-corrected chi connectivity index (χ2v) is 4.35. The van der Waals surface area contributed by atoms with Crippen molar-refractivity contribution in [2.45, 2.75) is 18.9 Å². The number of nitrogens with zero attached hydrogens (tertiary/aromatic N) is 2. The molecule has 1 atom stereocenters. The highest BCUT2D eigenvalue weighted by Gasteiger charge is 2.24. The molecular weight excluding hydrogens is 236 g/mol. The standard InChI is InChI=1S/C12H16N2O4/c1-18-10-4-5-11(12(7-10)14(16)17)13-6-2-3-9(15)8-13/h4-5,7,9,15H,2-3,6,8H2,1H3/t9-/m0/s1. The van der Waals surface area contributed by atoms with E-state index in [1.54, 1.807) is 12.1 Å². The van der Waals surface area contributed by atoms with E-state index in [1.807, 2.05) is 4.90 Å². The molecule has 98 valence electrons. The zero-order chi connectivity index (χ0) is 13.1. The number of nitro groups is 1. The van der Waals surface area contributed by atoms with Crippen molar-refractivity contribution >= 4 is 11.4 Å². The molecule has 1 heterocycles. The van der Waals surface area contributed by atoms with Gasteiger partial charge in [-0.25, -0.2) is 0 Å². The first-order chi connectivity index (χ1) is 8.61. The highest BCUT2D eigenvalue weighted by molar-refractivity contribution is 5.65.